The molecular weight excluding hydrogens is 422 g/mol. The molecule has 0 bridgehead atoms. The SMILES string of the molecule is CS(=O)(=O)N(CC(=O)NCc1ccc(N2CCCCC2)cc1)Cc1ccccc1Cl. The van der Waals surface area contributed by atoms with Crippen molar-refractivity contribution in [1.82, 2.24) is 9.62 Å². The molecule has 6 nitrogen and oxygen atoms in total. The van der Waals surface area contributed by atoms with Crippen LogP contribution in [0.1, 0.15) is 30.4 Å². The highest BCUT2D eigenvalue weighted by Crippen LogP contribution is 2.20. The quantitative estimate of drug-likeness (QED) is 0.670. The molecule has 30 heavy (non-hydrogen) atoms. The first-order valence-electron chi connectivity index (χ1n) is 10.1. The summed E-state index contributed by atoms with van der Waals surface area (Å²) in [6.07, 6.45) is 4.84. The number of hydrogen-bond donors (Lipinski definition) is 1. The Kier molecular flexibility index (Phi) is 7.75. The maximum absolute atomic E-state index is 12.4. The number of nitrogens with zero attached hydrogens (tertiary/aromatic N) is 2. The molecule has 0 atom stereocenters. The predicted octanol–water partition coefficient (Wildman–Crippen LogP) is 3.41. The molecule has 0 radical (unpaired) electrons. The average molecular weight is 450 g/mol. The number of anilines is 1. The Hall–Kier alpha value is -2.09. The number of benzene rings is 2. The molecule has 2 aromatic carbocycles. The zero-order valence-corrected chi connectivity index (χ0v) is 18.8. The fraction of sp³-hybridized carbons (Fsp3) is 0.409. The van der Waals surface area contributed by atoms with Crippen LogP contribution in [-0.2, 0) is 27.9 Å². The number of piperidine rings is 1. The van der Waals surface area contributed by atoms with Gasteiger partial charge >= 0.3 is 0 Å². The van der Waals surface area contributed by atoms with Gasteiger partial charge in [-0.1, -0.05) is 41.9 Å². The standard InChI is InChI=1S/C22H28ClN3O3S/c1-30(28,29)26(16-19-7-3-4-8-21(19)23)17-22(27)24-15-18-9-11-20(12-10-18)25-13-5-2-6-14-25/h3-4,7-12H,2,5-6,13-17H2,1H3,(H,24,27). The summed E-state index contributed by atoms with van der Waals surface area (Å²) in [5, 5.41) is 3.28. The molecule has 1 N–H and O–H groups in total. The third-order valence-electron chi connectivity index (χ3n) is 5.24. The van der Waals surface area contributed by atoms with E-state index in [9.17, 15) is 13.2 Å². The molecule has 0 spiro atoms. The smallest absolute Gasteiger partial charge is 0.235 e. The van der Waals surface area contributed by atoms with Crippen LogP contribution in [0.5, 0.6) is 0 Å². The minimum atomic E-state index is -3.57. The first-order chi connectivity index (χ1) is 14.3. The number of carbonyl (C=O) groups is 1. The van der Waals surface area contributed by atoms with Crippen LogP contribution in [0.25, 0.3) is 0 Å². The van der Waals surface area contributed by atoms with E-state index in [1.807, 2.05) is 12.1 Å². The van der Waals surface area contributed by atoms with Gasteiger partial charge in [0, 0.05) is 36.9 Å². The molecule has 1 aliphatic heterocycles. The lowest BCUT2D eigenvalue weighted by Crippen LogP contribution is -2.39. The van der Waals surface area contributed by atoms with Crippen LogP contribution in [0.4, 0.5) is 5.69 Å². The molecule has 3 rings (SSSR count). The van der Waals surface area contributed by atoms with Crippen molar-refractivity contribution in [2.75, 3.05) is 30.8 Å². The van der Waals surface area contributed by atoms with Crippen molar-refractivity contribution >= 4 is 33.2 Å². The molecule has 0 aromatic heterocycles. The van der Waals surface area contributed by atoms with Crippen LogP contribution in [0.2, 0.25) is 5.02 Å². The van der Waals surface area contributed by atoms with E-state index in [0.717, 1.165) is 29.2 Å². The summed E-state index contributed by atoms with van der Waals surface area (Å²) in [5.74, 6) is -0.354. The number of carbonyl (C=O) groups excluding carboxylic acids is 1. The molecule has 1 amide bonds. The molecule has 2 aromatic rings. The van der Waals surface area contributed by atoms with E-state index in [0.29, 0.717) is 17.1 Å². The van der Waals surface area contributed by atoms with Crippen LogP contribution in [0.3, 0.4) is 0 Å². The van der Waals surface area contributed by atoms with Crippen molar-refractivity contribution in [2.24, 2.45) is 0 Å². The van der Waals surface area contributed by atoms with Gasteiger partial charge in [-0.3, -0.25) is 4.79 Å². The van der Waals surface area contributed by atoms with Gasteiger partial charge in [-0.15, -0.1) is 0 Å². The van der Waals surface area contributed by atoms with E-state index < -0.39 is 10.0 Å². The summed E-state index contributed by atoms with van der Waals surface area (Å²) in [7, 11) is -3.57. The second-order valence-corrected chi connectivity index (χ2v) is 10.0. The van der Waals surface area contributed by atoms with Crippen LogP contribution in [0, 0.1) is 0 Å². The van der Waals surface area contributed by atoms with Gasteiger partial charge in [0.15, 0.2) is 0 Å². The van der Waals surface area contributed by atoms with Gasteiger partial charge in [0.2, 0.25) is 15.9 Å². The van der Waals surface area contributed by atoms with E-state index in [4.69, 9.17) is 11.6 Å². The summed E-state index contributed by atoms with van der Waals surface area (Å²) in [6.45, 7) is 2.32. The van der Waals surface area contributed by atoms with Crippen LogP contribution in [-0.4, -0.2) is 44.5 Å². The Balaban J connectivity index is 1.55. The van der Waals surface area contributed by atoms with Crippen molar-refractivity contribution in [2.45, 2.75) is 32.4 Å². The van der Waals surface area contributed by atoms with Gasteiger partial charge in [-0.25, -0.2) is 8.42 Å². The second-order valence-electron chi connectivity index (χ2n) is 7.61. The van der Waals surface area contributed by atoms with E-state index in [2.05, 4.69) is 22.3 Å². The monoisotopic (exact) mass is 449 g/mol. The highest BCUT2D eigenvalue weighted by atomic mass is 35.5. The highest BCUT2D eigenvalue weighted by Gasteiger charge is 2.21. The predicted molar refractivity (Wildman–Crippen MR) is 121 cm³/mol. The third kappa shape index (κ3) is 6.45. The molecule has 1 saturated heterocycles. The van der Waals surface area contributed by atoms with Crippen LogP contribution < -0.4 is 10.2 Å². The van der Waals surface area contributed by atoms with Gasteiger partial charge in [0.05, 0.1) is 12.8 Å². The van der Waals surface area contributed by atoms with Crippen molar-refractivity contribution in [3.8, 4) is 0 Å². The summed E-state index contributed by atoms with van der Waals surface area (Å²) in [5.41, 5.74) is 2.83. The van der Waals surface area contributed by atoms with Gasteiger partial charge in [-0.2, -0.15) is 4.31 Å². The second kappa shape index (κ2) is 10.3. The number of sulfonamides is 1. The molecule has 0 saturated carbocycles. The van der Waals surface area contributed by atoms with E-state index >= 15 is 0 Å². The fourth-order valence-electron chi connectivity index (χ4n) is 3.50. The summed E-state index contributed by atoms with van der Waals surface area (Å²) >= 11 is 6.14. The van der Waals surface area contributed by atoms with Crippen LogP contribution in [0.15, 0.2) is 48.5 Å². The molecule has 1 aliphatic rings. The highest BCUT2D eigenvalue weighted by molar-refractivity contribution is 7.88. The molecule has 0 aliphatic carbocycles. The molecule has 1 heterocycles. The topological polar surface area (TPSA) is 69.7 Å². The maximum Gasteiger partial charge on any atom is 0.235 e. The zero-order chi connectivity index (χ0) is 21.6. The van der Waals surface area contributed by atoms with E-state index in [1.165, 1.54) is 24.9 Å². The Morgan fingerprint density at radius 1 is 1.07 bits per heavy atom. The van der Waals surface area contributed by atoms with Crippen LogP contribution >= 0.6 is 11.6 Å². The number of hydrogen-bond acceptors (Lipinski definition) is 4. The van der Waals surface area contributed by atoms with Gasteiger partial charge in [0.1, 0.15) is 0 Å². The van der Waals surface area contributed by atoms with Gasteiger partial charge < -0.3 is 10.2 Å². The zero-order valence-electron chi connectivity index (χ0n) is 17.2. The maximum atomic E-state index is 12.4. The Morgan fingerprint density at radius 3 is 2.37 bits per heavy atom. The Morgan fingerprint density at radius 2 is 1.73 bits per heavy atom. The van der Waals surface area contributed by atoms with Crippen molar-refractivity contribution in [1.29, 1.82) is 0 Å². The minimum absolute atomic E-state index is 0.0520. The van der Waals surface area contributed by atoms with Gasteiger partial charge in [-0.05, 0) is 48.6 Å². The Labute approximate surface area is 183 Å². The van der Waals surface area contributed by atoms with Crippen molar-refractivity contribution < 1.29 is 13.2 Å². The summed E-state index contributed by atoms with van der Waals surface area (Å²) < 4.78 is 25.4. The van der Waals surface area contributed by atoms with E-state index in [-0.39, 0.29) is 19.0 Å². The summed E-state index contributed by atoms with van der Waals surface area (Å²) in [4.78, 5) is 14.8. The number of amides is 1. The third-order valence-corrected chi connectivity index (χ3v) is 6.81. The lowest BCUT2D eigenvalue weighted by Gasteiger charge is -2.28. The lowest BCUT2D eigenvalue weighted by atomic mass is 10.1. The molecule has 8 heteroatoms. The number of nitrogens with one attached hydrogen (secondary N) is 1. The molecule has 1 fully saturated rings. The largest absolute Gasteiger partial charge is 0.372 e. The lowest BCUT2D eigenvalue weighted by molar-refractivity contribution is -0.121. The first-order valence-corrected chi connectivity index (χ1v) is 12.3. The average Bonchev–Trinajstić information content (AvgIpc) is 2.73. The molecule has 162 valence electrons. The Bertz CT molecular complexity index is 958. The van der Waals surface area contributed by atoms with E-state index in [1.54, 1.807) is 24.3 Å². The molecular formula is C22H28ClN3O3S. The normalized spacial score (nSPS) is 14.7. The van der Waals surface area contributed by atoms with Crippen molar-refractivity contribution in [3.05, 3.63) is 64.7 Å². The minimum Gasteiger partial charge on any atom is -0.372 e. The van der Waals surface area contributed by atoms with Gasteiger partial charge in [0.25, 0.3) is 0 Å². The first kappa shape index (κ1) is 22.6. The van der Waals surface area contributed by atoms with Crippen molar-refractivity contribution in [3.63, 3.8) is 0 Å². The number of rotatable bonds is 8. The molecule has 0 unspecified atom stereocenters. The number of halogens is 1. The summed E-state index contributed by atoms with van der Waals surface area (Å²) in [6, 6.07) is 15.2. The fourth-order valence-corrected chi connectivity index (χ4v) is 4.42.